The molecular formula is C8H16BrNO. The molecule has 0 aliphatic heterocycles. The Bertz CT molecular complexity index is 117. The smallest absolute Gasteiger partial charge is 0.222 e. The molecule has 0 aromatic rings. The molecule has 0 N–H and O–H groups in total. The minimum atomic E-state index is 0.256. The number of alkyl halides is 1. The van der Waals surface area contributed by atoms with Gasteiger partial charge in [-0.2, -0.15) is 0 Å². The van der Waals surface area contributed by atoms with Crippen molar-refractivity contribution in [2.24, 2.45) is 0 Å². The van der Waals surface area contributed by atoms with E-state index in [1.54, 1.807) is 4.90 Å². The number of amides is 1. The zero-order valence-electron chi connectivity index (χ0n) is 7.27. The Kier molecular flexibility index (Phi) is 6.62. The Labute approximate surface area is 77.1 Å². The van der Waals surface area contributed by atoms with Crippen LogP contribution in [-0.4, -0.2) is 29.7 Å². The predicted octanol–water partition coefficient (Wildman–Crippen LogP) is 2.03. The number of carbonyl (C=O) groups excluding carboxylic acids is 1. The van der Waals surface area contributed by atoms with Crippen LogP contribution in [0.3, 0.4) is 0 Å². The summed E-state index contributed by atoms with van der Waals surface area (Å²) in [4.78, 5) is 13.0. The average molecular weight is 222 g/mol. The number of halogens is 1. The van der Waals surface area contributed by atoms with Gasteiger partial charge in [-0.05, 0) is 6.42 Å². The fourth-order valence-corrected chi connectivity index (χ4v) is 1.30. The molecule has 0 unspecified atom stereocenters. The third kappa shape index (κ3) is 5.24. The number of hydrogen-bond acceptors (Lipinski definition) is 1. The van der Waals surface area contributed by atoms with E-state index in [2.05, 4.69) is 22.9 Å². The van der Waals surface area contributed by atoms with Crippen LogP contribution < -0.4 is 0 Å². The van der Waals surface area contributed by atoms with E-state index in [0.717, 1.165) is 24.7 Å². The van der Waals surface area contributed by atoms with Gasteiger partial charge < -0.3 is 4.90 Å². The van der Waals surface area contributed by atoms with Gasteiger partial charge in [-0.1, -0.05) is 29.3 Å². The van der Waals surface area contributed by atoms with E-state index >= 15 is 0 Å². The first-order valence-corrected chi connectivity index (χ1v) is 5.14. The summed E-state index contributed by atoms with van der Waals surface area (Å²) in [6.07, 6.45) is 2.79. The molecule has 0 heterocycles. The molecule has 1 amide bonds. The molecular weight excluding hydrogens is 206 g/mol. The van der Waals surface area contributed by atoms with Gasteiger partial charge in [0.15, 0.2) is 0 Å². The molecule has 0 spiro atoms. The quantitative estimate of drug-likeness (QED) is 0.652. The van der Waals surface area contributed by atoms with Crippen LogP contribution in [0.25, 0.3) is 0 Å². The molecule has 2 nitrogen and oxygen atoms in total. The van der Waals surface area contributed by atoms with E-state index in [9.17, 15) is 4.79 Å². The van der Waals surface area contributed by atoms with E-state index in [4.69, 9.17) is 0 Å². The number of nitrogens with zero attached hydrogens (tertiary/aromatic N) is 1. The van der Waals surface area contributed by atoms with Crippen molar-refractivity contribution >= 4 is 21.8 Å². The maximum absolute atomic E-state index is 11.2. The van der Waals surface area contributed by atoms with Crippen LogP contribution in [0.15, 0.2) is 0 Å². The maximum Gasteiger partial charge on any atom is 0.222 e. The molecule has 11 heavy (non-hydrogen) atoms. The topological polar surface area (TPSA) is 20.3 Å². The molecule has 0 aromatic heterocycles. The Hall–Kier alpha value is -0.0500. The number of carbonyl (C=O) groups is 1. The van der Waals surface area contributed by atoms with Crippen LogP contribution in [-0.2, 0) is 4.79 Å². The van der Waals surface area contributed by atoms with Crippen molar-refractivity contribution in [2.75, 3.05) is 18.9 Å². The lowest BCUT2D eigenvalue weighted by atomic mass is 10.2. The lowest BCUT2D eigenvalue weighted by Gasteiger charge is -2.14. The molecule has 0 radical (unpaired) electrons. The van der Waals surface area contributed by atoms with Crippen LogP contribution in [0.4, 0.5) is 0 Å². The monoisotopic (exact) mass is 221 g/mol. The van der Waals surface area contributed by atoms with Crippen LogP contribution >= 0.6 is 15.9 Å². The molecule has 0 fully saturated rings. The number of unbranched alkanes of at least 4 members (excludes halogenated alkanes) is 1. The van der Waals surface area contributed by atoms with Gasteiger partial charge in [0.2, 0.25) is 5.91 Å². The van der Waals surface area contributed by atoms with Crippen molar-refractivity contribution in [1.82, 2.24) is 4.90 Å². The second-order valence-corrected chi connectivity index (χ2v) is 3.40. The third-order valence-corrected chi connectivity index (χ3v) is 1.94. The zero-order valence-corrected chi connectivity index (χ0v) is 8.85. The molecule has 0 aliphatic carbocycles. The standard InChI is InChI=1S/C8H16BrNO/c1-3-4-5-8(11)10(2)7-6-9/h3-7H2,1-2H3. The summed E-state index contributed by atoms with van der Waals surface area (Å²) < 4.78 is 0. The third-order valence-electron chi connectivity index (χ3n) is 1.59. The molecule has 0 aliphatic rings. The Balaban J connectivity index is 3.47. The first-order chi connectivity index (χ1) is 5.22. The molecule has 0 aromatic carbocycles. The minimum Gasteiger partial charge on any atom is -0.345 e. The first-order valence-electron chi connectivity index (χ1n) is 4.02. The van der Waals surface area contributed by atoms with Crippen molar-refractivity contribution in [3.8, 4) is 0 Å². The van der Waals surface area contributed by atoms with Gasteiger partial charge in [0.25, 0.3) is 0 Å². The Morgan fingerprint density at radius 2 is 2.18 bits per heavy atom. The zero-order chi connectivity index (χ0) is 8.69. The van der Waals surface area contributed by atoms with Crippen molar-refractivity contribution in [3.05, 3.63) is 0 Å². The summed E-state index contributed by atoms with van der Waals surface area (Å²) in [7, 11) is 1.85. The molecule has 0 rings (SSSR count). The highest BCUT2D eigenvalue weighted by Crippen LogP contribution is 1.98. The summed E-state index contributed by atoms with van der Waals surface area (Å²) in [5, 5.41) is 0.862. The van der Waals surface area contributed by atoms with E-state index in [-0.39, 0.29) is 5.91 Å². The van der Waals surface area contributed by atoms with Crippen LogP contribution in [0.5, 0.6) is 0 Å². The van der Waals surface area contributed by atoms with Crippen LogP contribution in [0.1, 0.15) is 26.2 Å². The van der Waals surface area contributed by atoms with Crippen molar-refractivity contribution in [2.45, 2.75) is 26.2 Å². The highest BCUT2D eigenvalue weighted by molar-refractivity contribution is 9.09. The highest BCUT2D eigenvalue weighted by atomic mass is 79.9. The van der Waals surface area contributed by atoms with Crippen molar-refractivity contribution < 1.29 is 4.79 Å². The fraction of sp³-hybridized carbons (Fsp3) is 0.875. The second-order valence-electron chi connectivity index (χ2n) is 2.61. The normalized spacial score (nSPS) is 9.73. The second kappa shape index (κ2) is 6.65. The summed E-state index contributed by atoms with van der Waals surface area (Å²) in [5.41, 5.74) is 0. The summed E-state index contributed by atoms with van der Waals surface area (Å²) in [6.45, 7) is 2.90. The lowest BCUT2D eigenvalue weighted by Crippen LogP contribution is -2.27. The first kappa shape index (κ1) is 11.0. The lowest BCUT2D eigenvalue weighted by molar-refractivity contribution is -0.129. The van der Waals surface area contributed by atoms with Gasteiger partial charge in [0.1, 0.15) is 0 Å². The number of rotatable bonds is 5. The molecule has 0 saturated carbocycles. The summed E-state index contributed by atoms with van der Waals surface area (Å²) in [6, 6.07) is 0. The van der Waals surface area contributed by atoms with E-state index in [1.165, 1.54) is 0 Å². The molecule has 0 atom stereocenters. The summed E-state index contributed by atoms with van der Waals surface area (Å²) in [5.74, 6) is 0.256. The largest absolute Gasteiger partial charge is 0.345 e. The fourth-order valence-electron chi connectivity index (χ4n) is 0.770. The van der Waals surface area contributed by atoms with Gasteiger partial charge in [-0.15, -0.1) is 0 Å². The van der Waals surface area contributed by atoms with Crippen molar-refractivity contribution in [1.29, 1.82) is 0 Å². The van der Waals surface area contributed by atoms with E-state index in [0.29, 0.717) is 6.42 Å². The van der Waals surface area contributed by atoms with Crippen LogP contribution in [0.2, 0.25) is 0 Å². The van der Waals surface area contributed by atoms with Gasteiger partial charge in [0.05, 0.1) is 0 Å². The highest BCUT2D eigenvalue weighted by Gasteiger charge is 2.05. The molecule has 3 heteroatoms. The van der Waals surface area contributed by atoms with Gasteiger partial charge in [0, 0.05) is 25.3 Å². The SMILES string of the molecule is CCCCC(=O)N(C)CCBr. The van der Waals surface area contributed by atoms with Gasteiger partial charge in [-0.3, -0.25) is 4.79 Å². The van der Waals surface area contributed by atoms with Gasteiger partial charge in [-0.25, -0.2) is 0 Å². The van der Waals surface area contributed by atoms with E-state index in [1.807, 2.05) is 7.05 Å². The maximum atomic E-state index is 11.2. The molecule has 66 valence electrons. The predicted molar refractivity (Wildman–Crippen MR) is 51.0 cm³/mol. The Morgan fingerprint density at radius 3 is 2.64 bits per heavy atom. The van der Waals surface area contributed by atoms with Gasteiger partial charge >= 0.3 is 0 Å². The summed E-state index contributed by atoms with van der Waals surface area (Å²) >= 11 is 3.29. The van der Waals surface area contributed by atoms with Crippen molar-refractivity contribution in [3.63, 3.8) is 0 Å². The Morgan fingerprint density at radius 1 is 1.55 bits per heavy atom. The molecule has 0 saturated heterocycles. The average Bonchev–Trinajstić information content (AvgIpc) is 2.00. The molecule has 0 bridgehead atoms. The number of hydrogen-bond donors (Lipinski definition) is 0. The van der Waals surface area contributed by atoms with Crippen LogP contribution in [0, 0.1) is 0 Å². The van der Waals surface area contributed by atoms with E-state index < -0.39 is 0 Å². The minimum absolute atomic E-state index is 0.256.